The van der Waals surface area contributed by atoms with Gasteiger partial charge in [-0.3, -0.25) is 4.98 Å². The number of aromatic nitrogens is 3. The average Bonchev–Trinajstić information content (AvgIpc) is 3.29. The Balaban J connectivity index is 1.79. The van der Waals surface area contributed by atoms with Crippen LogP contribution in [0.2, 0.25) is 0 Å². The van der Waals surface area contributed by atoms with Crippen LogP contribution in [0.1, 0.15) is 63.1 Å². The van der Waals surface area contributed by atoms with Crippen LogP contribution < -0.4 is 0 Å². The summed E-state index contributed by atoms with van der Waals surface area (Å²) >= 11 is 0. The molecule has 1 aromatic carbocycles. The minimum absolute atomic E-state index is 0.106. The Morgan fingerprint density at radius 1 is 1.12 bits per heavy atom. The lowest BCUT2D eigenvalue weighted by molar-refractivity contribution is -0.127. The first kappa shape index (κ1) is 23.5. The van der Waals surface area contributed by atoms with Crippen molar-refractivity contribution in [1.82, 2.24) is 20.0 Å². The highest BCUT2D eigenvalue weighted by molar-refractivity contribution is 5.56. The van der Waals surface area contributed by atoms with E-state index in [1.165, 1.54) is 5.56 Å². The van der Waals surface area contributed by atoms with Crippen molar-refractivity contribution in [3.63, 3.8) is 0 Å². The molecule has 0 unspecified atom stereocenters. The molecule has 3 aromatic rings. The zero-order chi connectivity index (χ0) is 24.0. The van der Waals surface area contributed by atoms with E-state index in [0.717, 1.165) is 18.7 Å². The van der Waals surface area contributed by atoms with Gasteiger partial charge in [-0.2, -0.15) is 4.98 Å². The van der Waals surface area contributed by atoms with E-state index >= 15 is 0 Å². The van der Waals surface area contributed by atoms with Gasteiger partial charge in [0.25, 0.3) is 0 Å². The number of aliphatic hydroxyl groups excluding tert-OH is 1. The molecule has 176 valence electrons. The molecule has 0 spiro atoms. The van der Waals surface area contributed by atoms with E-state index in [9.17, 15) is 10.2 Å². The average molecular weight is 451 g/mol. The molecule has 0 bridgehead atoms. The monoisotopic (exact) mass is 450 g/mol. The Morgan fingerprint density at radius 2 is 1.79 bits per heavy atom. The van der Waals surface area contributed by atoms with Crippen molar-refractivity contribution in [1.29, 1.82) is 0 Å². The molecule has 1 fully saturated rings. The highest BCUT2D eigenvalue weighted by atomic mass is 16.5. The molecule has 0 radical (unpaired) electrons. The molecule has 2 N–H and O–H groups in total. The third-order valence-corrected chi connectivity index (χ3v) is 6.92. The molecule has 3 heterocycles. The molecular formula is C26H34N4O3. The first-order valence-electron chi connectivity index (χ1n) is 11.4. The minimum Gasteiger partial charge on any atom is -0.395 e. The highest BCUT2D eigenvalue weighted by Gasteiger charge is 2.55. The summed E-state index contributed by atoms with van der Waals surface area (Å²) in [5, 5.41) is 26.1. The Morgan fingerprint density at radius 3 is 2.36 bits per heavy atom. The normalized spacial score (nSPS) is 18.2. The van der Waals surface area contributed by atoms with E-state index in [4.69, 9.17) is 4.52 Å². The van der Waals surface area contributed by atoms with Crippen LogP contribution in [0.5, 0.6) is 0 Å². The number of hydrogen-bond donors (Lipinski definition) is 2. The Hall–Kier alpha value is -2.61. The van der Waals surface area contributed by atoms with Gasteiger partial charge in [-0.15, -0.1) is 0 Å². The second kappa shape index (κ2) is 8.31. The van der Waals surface area contributed by atoms with Crippen LogP contribution in [0.25, 0.3) is 11.4 Å². The quantitative estimate of drug-likeness (QED) is 0.566. The van der Waals surface area contributed by atoms with Gasteiger partial charge in [0, 0.05) is 42.0 Å². The zero-order valence-corrected chi connectivity index (χ0v) is 20.3. The molecule has 1 atom stereocenters. The van der Waals surface area contributed by atoms with Crippen LogP contribution in [0.3, 0.4) is 0 Å². The van der Waals surface area contributed by atoms with Gasteiger partial charge in [-0.25, -0.2) is 0 Å². The SMILES string of the molecule is CC(C)c1ccc([C@](O)(c2cncc(-c3noc(C(C)(C)CO)n3)c2)C2(C)CN(C)C2)cc1. The van der Waals surface area contributed by atoms with Crippen LogP contribution in [0.15, 0.2) is 47.2 Å². The lowest BCUT2D eigenvalue weighted by Crippen LogP contribution is -2.63. The molecule has 0 amide bonds. The van der Waals surface area contributed by atoms with Crippen LogP contribution in [-0.2, 0) is 11.0 Å². The topological polar surface area (TPSA) is 95.5 Å². The smallest absolute Gasteiger partial charge is 0.234 e. The fourth-order valence-corrected chi connectivity index (χ4v) is 4.79. The van der Waals surface area contributed by atoms with E-state index < -0.39 is 11.0 Å². The summed E-state index contributed by atoms with van der Waals surface area (Å²) in [6.07, 6.45) is 3.39. The van der Waals surface area contributed by atoms with Crippen molar-refractivity contribution in [2.24, 2.45) is 5.41 Å². The highest BCUT2D eigenvalue weighted by Crippen LogP contribution is 2.50. The van der Waals surface area contributed by atoms with Crippen molar-refractivity contribution in [2.45, 2.75) is 51.6 Å². The molecule has 7 nitrogen and oxygen atoms in total. The summed E-state index contributed by atoms with van der Waals surface area (Å²) in [7, 11) is 2.06. The molecular weight excluding hydrogens is 416 g/mol. The Labute approximate surface area is 195 Å². The number of rotatable bonds is 7. The number of aliphatic hydroxyl groups is 2. The molecule has 0 aliphatic carbocycles. The fourth-order valence-electron chi connectivity index (χ4n) is 4.79. The van der Waals surface area contributed by atoms with Crippen molar-refractivity contribution >= 4 is 0 Å². The van der Waals surface area contributed by atoms with Crippen LogP contribution in [0.4, 0.5) is 0 Å². The number of benzene rings is 1. The maximum Gasteiger partial charge on any atom is 0.234 e. The van der Waals surface area contributed by atoms with Gasteiger partial charge in [0.15, 0.2) is 0 Å². The van der Waals surface area contributed by atoms with Gasteiger partial charge < -0.3 is 19.6 Å². The molecule has 4 rings (SSSR count). The van der Waals surface area contributed by atoms with E-state index in [1.54, 1.807) is 12.4 Å². The third kappa shape index (κ3) is 3.98. The summed E-state index contributed by atoms with van der Waals surface area (Å²) in [6, 6.07) is 10.1. The largest absolute Gasteiger partial charge is 0.395 e. The van der Waals surface area contributed by atoms with Crippen molar-refractivity contribution in [3.05, 3.63) is 65.3 Å². The van der Waals surface area contributed by atoms with Crippen molar-refractivity contribution in [2.75, 3.05) is 26.7 Å². The van der Waals surface area contributed by atoms with E-state index in [1.807, 2.05) is 32.0 Å². The molecule has 1 saturated heterocycles. The van der Waals surface area contributed by atoms with Crippen molar-refractivity contribution in [3.8, 4) is 11.4 Å². The second-order valence-electron chi connectivity index (χ2n) is 10.6. The Bertz CT molecular complexity index is 1120. The number of nitrogens with zero attached hydrogens (tertiary/aromatic N) is 4. The molecule has 33 heavy (non-hydrogen) atoms. The predicted octanol–water partition coefficient (Wildman–Crippen LogP) is 3.71. The van der Waals surface area contributed by atoms with Gasteiger partial charge in [0.2, 0.25) is 11.7 Å². The number of likely N-dealkylation sites (tertiary alicyclic amines) is 1. The predicted molar refractivity (Wildman–Crippen MR) is 127 cm³/mol. The molecule has 0 saturated carbocycles. The fraction of sp³-hybridized carbons (Fsp3) is 0.500. The van der Waals surface area contributed by atoms with E-state index in [2.05, 4.69) is 60.0 Å². The van der Waals surface area contributed by atoms with Crippen LogP contribution >= 0.6 is 0 Å². The summed E-state index contributed by atoms with van der Waals surface area (Å²) in [6.45, 7) is 11.5. The summed E-state index contributed by atoms with van der Waals surface area (Å²) in [5.74, 6) is 1.16. The van der Waals surface area contributed by atoms with Gasteiger partial charge in [0.1, 0.15) is 5.60 Å². The lowest BCUT2D eigenvalue weighted by atomic mass is 9.62. The van der Waals surface area contributed by atoms with E-state index in [-0.39, 0.29) is 12.0 Å². The van der Waals surface area contributed by atoms with E-state index in [0.29, 0.717) is 28.8 Å². The molecule has 1 aliphatic heterocycles. The van der Waals surface area contributed by atoms with Crippen LogP contribution in [0, 0.1) is 5.41 Å². The first-order valence-corrected chi connectivity index (χ1v) is 11.4. The molecule has 1 aliphatic rings. The Kier molecular flexibility index (Phi) is 5.93. The maximum absolute atomic E-state index is 12.4. The lowest BCUT2D eigenvalue weighted by Gasteiger charge is -2.55. The number of pyridine rings is 1. The maximum atomic E-state index is 12.4. The zero-order valence-electron chi connectivity index (χ0n) is 20.3. The van der Waals surface area contributed by atoms with Gasteiger partial charge in [0.05, 0.1) is 12.0 Å². The summed E-state index contributed by atoms with van der Waals surface area (Å²) in [5.41, 5.74) is 1.16. The van der Waals surface area contributed by atoms with Crippen LogP contribution in [-0.4, -0.2) is 57.0 Å². The summed E-state index contributed by atoms with van der Waals surface area (Å²) in [4.78, 5) is 11.1. The summed E-state index contributed by atoms with van der Waals surface area (Å²) < 4.78 is 5.42. The van der Waals surface area contributed by atoms with Crippen molar-refractivity contribution < 1.29 is 14.7 Å². The second-order valence-corrected chi connectivity index (χ2v) is 10.6. The standard InChI is InChI=1S/C26H34N4O3/c1-17(2)18-7-9-20(10-8-18)26(32,25(5)14-30(6)15-25)21-11-19(12-27-13-21)22-28-23(33-29-22)24(3,4)16-31/h7-13,17,31-32H,14-16H2,1-6H3/t26-/m0/s1. The van der Waals surface area contributed by atoms with Gasteiger partial charge in [-0.1, -0.05) is 50.2 Å². The first-order chi connectivity index (χ1) is 15.5. The third-order valence-electron chi connectivity index (χ3n) is 6.92. The molecule has 7 heteroatoms. The molecule has 2 aromatic heterocycles. The minimum atomic E-state index is -1.24. The number of hydrogen-bond acceptors (Lipinski definition) is 7. The van der Waals surface area contributed by atoms with Gasteiger partial charge in [-0.05, 0) is 44.0 Å². The van der Waals surface area contributed by atoms with Gasteiger partial charge >= 0.3 is 0 Å².